The molecule has 1 saturated carbocycles. The van der Waals surface area contributed by atoms with Crippen molar-refractivity contribution in [1.29, 1.82) is 5.26 Å². The first-order valence-corrected chi connectivity index (χ1v) is 6.48. The Balaban J connectivity index is 1.81. The second kappa shape index (κ2) is 4.36. The van der Waals surface area contributed by atoms with Crippen LogP contribution in [0.5, 0.6) is 0 Å². The lowest BCUT2D eigenvalue weighted by molar-refractivity contribution is 0.483. The van der Waals surface area contributed by atoms with E-state index in [4.69, 9.17) is 9.68 Å². The van der Waals surface area contributed by atoms with Crippen LogP contribution in [0.15, 0.2) is 28.9 Å². The fraction of sp³-hybridized carbons (Fsp3) is 0.308. The molecule has 17 heavy (non-hydrogen) atoms. The molecule has 0 atom stereocenters. The van der Waals surface area contributed by atoms with Crippen LogP contribution in [0.3, 0.4) is 0 Å². The van der Waals surface area contributed by atoms with Gasteiger partial charge >= 0.3 is 0 Å². The molecule has 1 fully saturated rings. The van der Waals surface area contributed by atoms with Gasteiger partial charge in [0.1, 0.15) is 16.7 Å². The van der Waals surface area contributed by atoms with Gasteiger partial charge in [-0.3, -0.25) is 0 Å². The lowest BCUT2D eigenvalue weighted by atomic mass is 10.2. The summed E-state index contributed by atoms with van der Waals surface area (Å²) in [4.78, 5) is 1.84. The van der Waals surface area contributed by atoms with E-state index in [-0.39, 0.29) is 0 Å². The molecule has 4 heteroatoms. The third-order valence-electron chi connectivity index (χ3n) is 2.86. The molecule has 0 aliphatic heterocycles. The van der Waals surface area contributed by atoms with Crippen LogP contribution in [-0.2, 0) is 6.54 Å². The first kappa shape index (κ1) is 10.6. The maximum atomic E-state index is 8.83. The maximum Gasteiger partial charge on any atom is 0.126 e. The van der Waals surface area contributed by atoms with Gasteiger partial charge in [0.15, 0.2) is 0 Å². The summed E-state index contributed by atoms with van der Waals surface area (Å²) in [7, 11) is 0. The van der Waals surface area contributed by atoms with E-state index in [0.29, 0.717) is 6.04 Å². The van der Waals surface area contributed by atoms with Crippen molar-refractivity contribution in [3.8, 4) is 16.5 Å². The molecular formula is C13H12N2OS. The van der Waals surface area contributed by atoms with Gasteiger partial charge in [-0.25, -0.2) is 0 Å². The highest BCUT2D eigenvalue weighted by atomic mass is 32.1. The van der Waals surface area contributed by atoms with Crippen LogP contribution in [0.2, 0.25) is 0 Å². The molecule has 1 aliphatic rings. The molecule has 0 radical (unpaired) electrons. The topological polar surface area (TPSA) is 49.0 Å². The molecule has 1 N–H and O–H groups in total. The Morgan fingerprint density at radius 3 is 3.00 bits per heavy atom. The monoisotopic (exact) mass is 244 g/mol. The van der Waals surface area contributed by atoms with Crippen LogP contribution in [0.1, 0.15) is 23.5 Å². The Morgan fingerprint density at radius 1 is 1.41 bits per heavy atom. The van der Waals surface area contributed by atoms with Gasteiger partial charge in [0, 0.05) is 16.5 Å². The van der Waals surface area contributed by atoms with E-state index in [9.17, 15) is 0 Å². The fourth-order valence-corrected chi connectivity index (χ4v) is 2.61. The van der Waals surface area contributed by atoms with Crippen molar-refractivity contribution < 1.29 is 4.42 Å². The van der Waals surface area contributed by atoms with Gasteiger partial charge < -0.3 is 9.73 Å². The zero-order valence-corrected chi connectivity index (χ0v) is 10.1. The van der Waals surface area contributed by atoms with Gasteiger partial charge in [-0.15, -0.1) is 11.3 Å². The predicted octanol–water partition coefficient (Wildman–Crippen LogP) is 3.13. The number of hydrogen-bond acceptors (Lipinski definition) is 4. The van der Waals surface area contributed by atoms with Crippen LogP contribution < -0.4 is 5.32 Å². The Kier molecular flexibility index (Phi) is 2.71. The zero-order chi connectivity index (χ0) is 11.7. The van der Waals surface area contributed by atoms with Crippen LogP contribution in [0.25, 0.3) is 10.4 Å². The summed E-state index contributed by atoms with van der Waals surface area (Å²) in [5, 5.41) is 12.3. The minimum atomic E-state index is 0.672. The quantitative estimate of drug-likeness (QED) is 0.898. The molecule has 1 aliphatic carbocycles. The second-order valence-electron chi connectivity index (χ2n) is 4.19. The Labute approximate surface area is 104 Å². The number of thiophene rings is 1. The van der Waals surface area contributed by atoms with E-state index in [0.717, 1.165) is 27.6 Å². The van der Waals surface area contributed by atoms with Gasteiger partial charge in [0.05, 0.1) is 12.8 Å². The third-order valence-corrected chi connectivity index (χ3v) is 3.88. The van der Waals surface area contributed by atoms with E-state index in [2.05, 4.69) is 11.4 Å². The molecule has 86 valence electrons. The SMILES string of the molecule is N#Cc1ccc(-c2ccoc2CNC2CC2)s1. The van der Waals surface area contributed by atoms with Crippen molar-refractivity contribution in [3.63, 3.8) is 0 Å². The van der Waals surface area contributed by atoms with Gasteiger partial charge in [-0.05, 0) is 31.0 Å². The molecule has 3 nitrogen and oxygen atoms in total. The number of rotatable bonds is 4. The maximum absolute atomic E-state index is 8.83. The van der Waals surface area contributed by atoms with Crippen molar-refractivity contribution in [2.45, 2.75) is 25.4 Å². The molecule has 0 saturated heterocycles. The Morgan fingerprint density at radius 2 is 2.29 bits per heavy atom. The van der Waals surface area contributed by atoms with E-state index in [1.807, 2.05) is 18.2 Å². The number of hydrogen-bond donors (Lipinski definition) is 1. The van der Waals surface area contributed by atoms with Crippen LogP contribution >= 0.6 is 11.3 Å². The van der Waals surface area contributed by atoms with Gasteiger partial charge in [0.25, 0.3) is 0 Å². The van der Waals surface area contributed by atoms with Crippen molar-refractivity contribution in [3.05, 3.63) is 35.1 Å². The van der Waals surface area contributed by atoms with Crippen LogP contribution in [0.4, 0.5) is 0 Å². The molecule has 2 aromatic heterocycles. The molecular weight excluding hydrogens is 232 g/mol. The van der Waals surface area contributed by atoms with Crippen LogP contribution in [0, 0.1) is 11.3 Å². The van der Waals surface area contributed by atoms with Gasteiger partial charge in [0.2, 0.25) is 0 Å². The lowest BCUT2D eigenvalue weighted by Gasteiger charge is -2.01. The summed E-state index contributed by atoms with van der Waals surface area (Å²) in [6, 6.07) is 8.64. The molecule has 0 spiro atoms. The Hall–Kier alpha value is -1.57. The smallest absolute Gasteiger partial charge is 0.126 e. The van der Waals surface area contributed by atoms with E-state index in [1.165, 1.54) is 24.2 Å². The number of furan rings is 1. The van der Waals surface area contributed by atoms with Gasteiger partial charge in [-0.2, -0.15) is 5.26 Å². The molecule has 0 bridgehead atoms. The van der Waals surface area contributed by atoms with Crippen molar-refractivity contribution >= 4 is 11.3 Å². The highest BCUT2D eigenvalue weighted by Gasteiger charge is 2.21. The summed E-state index contributed by atoms with van der Waals surface area (Å²) in [5.41, 5.74) is 1.10. The minimum absolute atomic E-state index is 0.672. The number of nitrogens with one attached hydrogen (secondary N) is 1. The first-order valence-electron chi connectivity index (χ1n) is 5.67. The summed E-state index contributed by atoms with van der Waals surface area (Å²) in [5.74, 6) is 0.961. The first-order chi connectivity index (χ1) is 8.36. The fourth-order valence-electron chi connectivity index (χ4n) is 1.76. The third kappa shape index (κ3) is 2.26. The molecule has 0 amide bonds. The number of nitriles is 1. The molecule has 3 rings (SSSR count). The normalized spacial score (nSPS) is 14.8. The van der Waals surface area contributed by atoms with Crippen molar-refractivity contribution in [2.75, 3.05) is 0 Å². The summed E-state index contributed by atoms with van der Waals surface area (Å²) in [6.07, 6.45) is 4.26. The van der Waals surface area contributed by atoms with Gasteiger partial charge in [-0.1, -0.05) is 0 Å². The molecule has 2 aromatic rings. The summed E-state index contributed by atoms with van der Waals surface area (Å²) >= 11 is 1.51. The predicted molar refractivity (Wildman–Crippen MR) is 66.6 cm³/mol. The summed E-state index contributed by atoms with van der Waals surface area (Å²) < 4.78 is 5.50. The van der Waals surface area contributed by atoms with Crippen molar-refractivity contribution in [1.82, 2.24) is 5.32 Å². The highest BCUT2D eigenvalue weighted by molar-refractivity contribution is 7.16. The average Bonchev–Trinajstić information content (AvgIpc) is 2.89. The molecule has 0 aromatic carbocycles. The second-order valence-corrected chi connectivity index (χ2v) is 5.27. The van der Waals surface area contributed by atoms with Crippen molar-refractivity contribution in [2.24, 2.45) is 0 Å². The lowest BCUT2D eigenvalue weighted by Crippen LogP contribution is -2.15. The van der Waals surface area contributed by atoms with E-state index < -0.39 is 0 Å². The largest absolute Gasteiger partial charge is 0.467 e. The Bertz CT molecular complexity index is 560. The molecule has 2 heterocycles. The molecule has 0 unspecified atom stereocenters. The van der Waals surface area contributed by atoms with E-state index >= 15 is 0 Å². The standard InChI is InChI=1S/C13H12N2OS/c14-7-10-3-4-13(17-10)11-5-6-16-12(11)8-15-9-1-2-9/h3-6,9,15H,1-2,8H2. The van der Waals surface area contributed by atoms with Crippen LogP contribution in [-0.4, -0.2) is 6.04 Å². The minimum Gasteiger partial charge on any atom is -0.467 e. The average molecular weight is 244 g/mol. The van der Waals surface area contributed by atoms with E-state index in [1.54, 1.807) is 6.26 Å². The summed E-state index contributed by atoms with van der Waals surface area (Å²) in [6.45, 7) is 0.771. The zero-order valence-electron chi connectivity index (χ0n) is 9.27. The highest BCUT2D eigenvalue weighted by Crippen LogP contribution is 2.31. The number of nitrogens with zero attached hydrogens (tertiary/aromatic N) is 1.